The number of urea groups is 1. The molecule has 1 atom stereocenters. The van der Waals surface area contributed by atoms with Crippen LogP contribution in [0.5, 0.6) is 0 Å². The van der Waals surface area contributed by atoms with Crippen LogP contribution in [0.3, 0.4) is 0 Å². The monoisotopic (exact) mass is 277 g/mol. The van der Waals surface area contributed by atoms with Crippen molar-refractivity contribution < 1.29 is 14.7 Å². The van der Waals surface area contributed by atoms with Crippen LogP contribution in [0.25, 0.3) is 0 Å². The van der Waals surface area contributed by atoms with E-state index in [4.69, 9.17) is 5.11 Å². The standard InChI is InChI=1S/C14H19N3O3/c1-3-5-12(13(18)19)16-14(20)17(4-2)10-11-6-8-15-9-7-11/h3,6-9,12H,1,4-5,10H2,2H3,(H,16,20)(H,18,19). The maximum Gasteiger partial charge on any atom is 0.326 e. The van der Waals surface area contributed by atoms with Crippen LogP contribution < -0.4 is 5.32 Å². The fourth-order valence-corrected chi connectivity index (χ4v) is 1.66. The second-order valence-electron chi connectivity index (χ2n) is 4.23. The molecule has 2 N–H and O–H groups in total. The molecule has 0 fully saturated rings. The molecule has 1 aromatic rings. The molecule has 6 nitrogen and oxygen atoms in total. The SMILES string of the molecule is C=CCC(NC(=O)N(CC)Cc1ccncc1)C(=O)O. The number of nitrogens with one attached hydrogen (secondary N) is 1. The van der Waals surface area contributed by atoms with Crippen molar-refractivity contribution in [2.45, 2.75) is 25.9 Å². The lowest BCUT2D eigenvalue weighted by molar-refractivity contribution is -0.139. The first-order valence-corrected chi connectivity index (χ1v) is 6.36. The van der Waals surface area contributed by atoms with E-state index in [1.165, 1.54) is 11.0 Å². The first-order chi connectivity index (χ1) is 9.58. The predicted octanol–water partition coefficient (Wildman–Crippen LogP) is 1.64. The highest BCUT2D eigenvalue weighted by molar-refractivity contribution is 5.82. The van der Waals surface area contributed by atoms with Gasteiger partial charge in [-0.3, -0.25) is 4.98 Å². The zero-order valence-corrected chi connectivity index (χ0v) is 11.5. The highest BCUT2D eigenvalue weighted by Crippen LogP contribution is 2.04. The molecule has 6 heteroatoms. The molecule has 1 aromatic heterocycles. The number of carboxylic acids is 1. The molecule has 0 bridgehead atoms. The Morgan fingerprint density at radius 2 is 2.15 bits per heavy atom. The molecule has 0 aliphatic rings. The second kappa shape index (κ2) is 7.93. The molecule has 20 heavy (non-hydrogen) atoms. The van der Waals surface area contributed by atoms with E-state index >= 15 is 0 Å². The van der Waals surface area contributed by atoms with E-state index < -0.39 is 18.0 Å². The topological polar surface area (TPSA) is 82.5 Å². The number of carbonyl (C=O) groups excluding carboxylic acids is 1. The molecule has 1 unspecified atom stereocenters. The van der Waals surface area contributed by atoms with Gasteiger partial charge in [0.15, 0.2) is 0 Å². The van der Waals surface area contributed by atoms with Crippen molar-refractivity contribution in [2.24, 2.45) is 0 Å². The predicted molar refractivity (Wildman–Crippen MR) is 75.1 cm³/mol. The van der Waals surface area contributed by atoms with Crippen molar-refractivity contribution in [1.29, 1.82) is 0 Å². The molecule has 1 rings (SSSR count). The van der Waals surface area contributed by atoms with Crippen LogP contribution in [0.4, 0.5) is 4.79 Å². The number of carboxylic acid groups (broad SMARTS) is 1. The number of carbonyl (C=O) groups is 2. The molecule has 2 amide bonds. The quantitative estimate of drug-likeness (QED) is 0.742. The maximum absolute atomic E-state index is 12.1. The van der Waals surface area contributed by atoms with Crippen LogP contribution in [-0.2, 0) is 11.3 Å². The number of rotatable bonds is 7. The number of pyridine rings is 1. The summed E-state index contributed by atoms with van der Waals surface area (Å²) in [6, 6.07) is 2.27. The third kappa shape index (κ3) is 4.72. The molecule has 0 aliphatic carbocycles. The Labute approximate surface area is 118 Å². The van der Waals surface area contributed by atoms with Crippen molar-refractivity contribution in [3.8, 4) is 0 Å². The fraction of sp³-hybridized carbons (Fsp3) is 0.357. The lowest BCUT2D eigenvalue weighted by Crippen LogP contribution is -2.47. The summed E-state index contributed by atoms with van der Waals surface area (Å²) in [5.74, 6) is -1.07. The van der Waals surface area contributed by atoms with Crippen molar-refractivity contribution in [2.75, 3.05) is 6.54 Å². The van der Waals surface area contributed by atoms with Crippen molar-refractivity contribution in [3.63, 3.8) is 0 Å². The molecule has 0 radical (unpaired) electrons. The molecular formula is C14H19N3O3. The smallest absolute Gasteiger partial charge is 0.326 e. The number of aromatic nitrogens is 1. The maximum atomic E-state index is 12.1. The van der Waals surface area contributed by atoms with E-state index in [0.717, 1.165) is 5.56 Å². The molecular weight excluding hydrogens is 258 g/mol. The molecule has 0 spiro atoms. The van der Waals surface area contributed by atoms with E-state index in [-0.39, 0.29) is 6.42 Å². The van der Waals surface area contributed by atoms with Gasteiger partial charge in [0, 0.05) is 25.5 Å². The molecule has 1 heterocycles. The summed E-state index contributed by atoms with van der Waals surface area (Å²) in [5, 5.41) is 11.5. The normalized spacial score (nSPS) is 11.4. The van der Waals surface area contributed by atoms with Gasteiger partial charge in [0.1, 0.15) is 6.04 Å². The van der Waals surface area contributed by atoms with E-state index in [9.17, 15) is 9.59 Å². The lowest BCUT2D eigenvalue weighted by atomic mass is 10.2. The molecule has 0 aromatic carbocycles. The highest BCUT2D eigenvalue weighted by atomic mass is 16.4. The van der Waals surface area contributed by atoms with Crippen LogP contribution in [0.2, 0.25) is 0 Å². The van der Waals surface area contributed by atoms with E-state index in [0.29, 0.717) is 13.1 Å². The Morgan fingerprint density at radius 3 is 2.65 bits per heavy atom. The van der Waals surface area contributed by atoms with Gasteiger partial charge in [0.25, 0.3) is 0 Å². The number of nitrogens with zero attached hydrogens (tertiary/aromatic N) is 2. The average Bonchev–Trinajstić information content (AvgIpc) is 2.45. The van der Waals surface area contributed by atoms with Crippen molar-refractivity contribution in [3.05, 3.63) is 42.7 Å². The van der Waals surface area contributed by atoms with Gasteiger partial charge in [0.05, 0.1) is 0 Å². The van der Waals surface area contributed by atoms with Gasteiger partial charge in [-0.1, -0.05) is 6.08 Å². The van der Waals surface area contributed by atoms with Gasteiger partial charge < -0.3 is 15.3 Å². The first kappa shape index (κ1) is 15.7. The Morgan fingerprint density at radius 1 is 1.50 bits per heavy atom. The minimum absolute atomic E-state index is 0.188. The number of aliphatic carboxylic acids is 1. The third-order valence-corrected chi connectivity index (χ3v) is 2.79. The summed E-state index contributed by atoms with van der Waals surface area (Å²) in [4.78, 5) is 28.5. The summed E-state index contributed by atoms with van der Waals surface area (Å²) in [6.45, 7) is 6.21. The van der Waals surface area contributed by atoms with E-state index in [1.54, 1.807) is 12.4 Å². The molecule has 0 saturated carbocycles. The summed E-state index contributed by atoms with van der Waals surface area (Å²) < 4.78 is 0. The van der Waals surface area contributed by atoms with Gasteiger partial charge in [-0.25, -0.2) is 9.59 Å². The number of hydrogen-bond acceptors (Lipinski definition) is 3. The zero-order chi connectivity index (χ0) is 15.0. The van der Waals surface area contributed by atoms with Crippen LogP contribution in [0.15, 0.2) is 37.2 Å². The van der Waals surface area contributed by atoms with Gasteiger partial charge in [-0.05, 0) is 31.0 Å². The summed E-state index contributed by atoms with van der Waals surface area (Å²) in [6.07, 6.45) is 4.96. The van der Waals surface area contributed by atoms with Crippen molar-refractivity contribution >= 4 is 12.0 Å². The molecule has 0 aliphatic heterocycles. The third-order valence-electron chi connectivity index (χ3n) is 2.79. The molecule has 0 saturated heterocycles. The minimum atomic E-state index is -1.07. The average molecular weight is 277 g/mol. The minimum Gasteiger partial charge on any atom is -0.480 e. The molecule has 108 valence electrons. The Bertz CT molecular complexity index is 462. The van der Waals surface area contributed by atoms with Gasteiger partial charge in [-0.2, -0.15) is 0 Å². The lowest BCUT2D eigenvalue weighted by Gasteiger charge is -2.23. The Kier molecular flexibility index (Phi) is 6.22. The van der Waals surface area contributed by atoms with Crippen LogP contribution in [-0.4, -0.2) is 39.6 Å². The summed E-state index contributed by atoms with van der Waals surface area (Å²) in [5.41, 5.74) is 0.938. The zero-order valence-electron chi connectivity index (χ0n) is 11.5. The Hall–Kier alpha value is -2.37. The van der Waals surface area contributed by atoms with E-state index in [1.807, 2.05) is 19.1 Å². The van der Waals surface area contributed by atoms with E-state index in [2.05, 4.69) is 16.9 Å². The highest BCUT2D eigenvalue weighted by Gasteiger charge is 2.21. The van der Waals surface area contributed by atoms with Gasteiger partial charge in [-0.15, -0.1) is 6.58 Å². The second-order valence-corrected chi connectivity index (χ2v) is 4.23. The van der Waals surface area contributed by atoms with Crippen LogP contribution in [0, 0.1) is 0 Å². The summed E-state index contributed by atoms with van der Waals surface area (Å²) >= 11 is 0. The largest absolute Gasteiger partial charge is 0.480 e. The Balaban J connectivity index is 2.66. The summed E-state index contributed by atoms with van der Waals surface area (Å²) in [7, 11) is 0. The number of amides is 2. The van der Waals surface area contributed by atoms with Gasteiger partial charge in [0.2, 0.25) is 0 Å². The van der Waals surface area contributed by atoms with Crippen LogP contribution in [0.1, 0.15) is 18.9 Å². The number of hydrogen-bond donors (Lipinski definition) is 2. The van der Waals surface area contributed by atoms with Gasteiger partial charge >= 0.3 is 12.0 Å². The fourth-order valence-electron chi connectivity index (χ4n) is 1.66. The van der Waals surface area contributed by atoms with Crippen molar-refractivity contribution in [1.82, 2.24) is 15.2 Å². The van der Waals surface area contributed by atoms with Crippen LogP contribution >= 0.6 is 0 Å². The first-order valence-electron chi connectivity index (χ1n) is 6.36.